The summed E-state index contributed by atoms with van der Waals surface area (Å²) in [5.74, 6) is 0. The van der Waals surface area contributed by atoms with Crippen molar-refractivity contribution in [2.24, 2.45) is 0 Å². The van der Waals surface area contributed by atoms with Crippen LogP contribution in [0.1, 0.15) is 89.8 Å². The number of rotatable bonds is 5. The van der Waals surface area contributed by atoms with E-state index in [0.717, 1.165) is 6.42 Å². The molecule has 0 radical (unpaired) electrons. The van der Waals surface area contributed by atoms with Crippen molar-refractivity contribution in [3.63, 3.8) is 0 Å². The lowest BCUT2D eigenvalue weighted by molar-refractivity contribution is 0.886. The molecule has 0 heteroatoms. The third-order valence-electron chi connectivity index (χ3n) is 5.57. The van der Waals surface area contributed by atoms with Gasteiger partial charge in [0.2, 0.25) is 0 Å². The van der Waals surface area contributed by atoms with Gasteiger partial charge in [-0.2, -0.15) is 0 Å². The van der Waals surface area contributed by atoms with Gasteiger partial charge in [-0.05, 0) is 51.1 Å². The monoisotopic (exact) mass is 412 g/mol. The van der Waals surface area contributed by atoms with Crippen LogP contribution in [0.5, 0.6) is 0 Å². The Hall–Kier alpha value is -2.60. The summed E-state index contributed by atoms with van der Waals surface area (Å²) in [6, 6.07) is 23.9. The first-order chi connectivity index (χ1) is 15.2. The highest BCUT2D eigenvalue weighted by atomic mass is 14.2. The molecule has 0 N–H and O–H groups in total. The standard InChI is InChI=1S/C23H20.2C4H10/c1-2-8-18-15-20(23-14-6-5-13-22(18)23)16-19-11-7-10-17-9-3-4-12-21(17)19;2*1-3-4-2/h3-7,9-16H,2,8H2,1H3;2*3-4H2,1-2H3/b20-16+;;. The van der Waals surface area contributed by atoms with Crippen molar-refractivity contribution in [3.05, 3.63) is 89.5 Å². The first kappa shape index (κ1) is 24.7. The zero-order valence-electron chi connectivity index (χ0n) is 20.2. The summed E-state index contributed by atoms with van der Waals surface area (Å²) in [6.07, 6.45) is 12.3. The number of hydrogen-bond acceptors (Lipinski definition) is 0. The summed E-state index contributed by atoms with van der Waals surface area (Å²) >= 11 is 0. The Morgan fingerprint density at radius 3 is 1.81 bits per heavy atom. The van der Waals surface area contributed by atoms with E-state index in [9.17, 15) is 0 Å². The van der Waals surface area contributed by atoms with E-state index in [-0.39, 0.29) is 0 Å². The summed E-state index contributed by atoms with van der Waals surface area (Å²) in [7, 11) is 0. The minimum absolute atomic E-state index is 1.14. The largest absolute Gasteiger partial charge is 0.0654 e. The van der Waals surface area contributed by atoms with Gasteiger partial charge in [0.25, 0.3) is 0 Å². The lowest BCUT2D eigenvalue weighted by Gasteiger charge is -2.05. The fourth-order valence-corrected chi connectivity index (χ4v) is 3.50. The van der Waals surface area contributed by atoms with Crippen LogP contribution in [0.2, 0.25) is 0 Å². The Balaban J connectivity index is 0.000000370. The van der Waals surface area contributed by atoms with E-state index in [1.807, 2.05) is 0 Å². The van der Waals surface area contributed by atoms with Gasteiger partial charge in [0.05, 0.1) is 0 Å². The van der Waals surface area contributed by atoms with Crippen LogP contribution in [0, 0.1) is 0 Å². The molecule has 0 saturated carbocycles. The van der Waals surface area contributed by atoms with Gasteiger partial charge in [-0.1, -0.05) is 140 Å². The van der Waals surface area contributed by atoms with Gasteiger partial charge in [-0.25, -0.2) is 0 Å². The topological polar surface area (TPSA) is 0 Å². The Bertz CT molecular complexity index is 974. The number of benzene rings is 3. The van der Waals surface area contributed by atoms with Crippen molar-refractivity contribution in [1.29, 1.82) is 0 Å². The SMILES string of the molecule is CCCC.CCCC.CCCC1=C/C(=C\c2cccc3ccccc23)c2ccccc21. The highest BCUT2D eigenvalue weighted by Crippen LogP contribution is 2.38. The minimum Gasteiger partial charge on any atom is -0.0654 e. The van der Waals surface area contributed by atoms with Crippen molar-refractivity contribution >= 4 is 28.0 Å². The number of unbranched alkanes of at least 4 members (excludes halogenated alkanes) is 2. The molecule has 0 aliphatic heterocycles. The molecule has 1 aliphatic rings. The Kier molecular flexibility index (Phi) is 10.9. The molecule has 1 aliphatic carbocycles. The highest BCUT2D eigenvalue weighted by molar-refractivity contribution is 6.04. The van der Waals surface area contributed by atoms with Crippen molar-refractivity contribution in [2.75, 3.05) is 0 Å². The molecule has 31 heavy (non-hydrogen) atoms. The number of hydrogen-bond donors (Lipinski definition) is 0. The van der Waals surface area contributed by atoms with E-state index in [1.165, 1.54) is 70.7 Å². The third-order valence-corrected chi connectivity index (χ3v) is 5.57. The average Bonchev–Trinajstić information content (AvgIpc) is 3.17. The summed E-state index contributed by atoms with van der Waals surface area (Å²) in [5.41, 5.74) is 6.86. The molecule has 164 valence electrons. The van der Waals surface area contributed by atoms with Gasteiger partial charge in [0.15, 0.2) is 0 Å². The van der Waals surface area contributed by atoms with Crippen molar-refractivity contribution in [1.82, 2.24) is 0 Å². The van der Waals surface area contributed by atoms with Gasteiger partial charge in [-0.3, -0.25) is 0 Å². The van der Waals surface area contributed by atoms with E-state index in [0.29, 0.717) is 0 Å². The second kappa shape index (κ2) is 13.7. The third kappa shape index (κ3) is 6.96. The number of allylic oxidation sites excluding steroid dienone is 3. The van der Waals surface area contributed by atoms with Gasteiger partial charge in [0.1, 0.15) is 0 Å². The molecule has 3 aromatic rings. The molecule has 0 bridgehead atoms. The van der Waals surface area contributed by atoms with E-state index in [1.54, 1.807) is 0 Å². The normalized spacial score (nSPS) is 13.1. The lowest BCUT2D eigenvalue weighted by atomic mass is 9.99. The van der Waals surface area contributed by atoms with Gasteiger partial charge >= 0.3 is 0 Å². The van der Waals surface area contributed by atoms with Crippen molar-refractivity contribution in [3.8, 4) is 0 Å². The fraction of sp³-hybridized carbons (Fsp3) is 0.355. The molecule has 0 amide bonds. The number of fused-ring (bicyclic) bond motifs is 2. The van der Waals surface area contributed by atoms with Gasteiger partial charge in [-0.15, -0.1) is 0 Å². The Morgan fingerprint density at radius 2 is 1.16 bits per heavy atom. The summed E-state index contributed by atoms with van der Waals surface area (Å²) in [4.78, 5) is 0. The quantitative estimate of drug-likeness (QED) is 0.391. The maximum Gasteiger partial charge on any atom is -0.0108 e. The van der Waals surface area contributed by atoms with Crippen LogP contribution in [-0.2, 0) is 0 Å². The molecule has 0 heterocycles. The molecule has 4 rings (SSSR count). The van der Waals surface area contributed by atoms with Crippen LogP contribution in [0.25, 0.3) is 28.0 Å². The maximum absolute atomic E-state index is 2.37. The summed E-state index contributed by atoms with van der Waals surface area (Å²) in [5, 5.41) is 2.61. The predicted molar refractivity (Wildman–Crippen MR) is 142 cm³/mol. The first-order valence-electron chi connectivity index (χ1n) is 12.2. The molecule has 0 nitrogen and oxygen atoms in total. The zero-order valence-corrected chi connectivity index (χ0v) is 20.2. The summed E-state index contributed by atoms with van der Waals surface area (Å²) < 4.78 is 0. The van der Waals surface area contributed by atoms with Crippen LogP contribution in [-0.4, -0.2) is 0 Å². The molecule has 0 unspecified atom stereocenters. The molecule has 0 saturated heterocycles. The predicted octanol–water partition coefficient (Wildman–Crippen LogP) is 10.2. The average molecular weight is 413 g/mol. The summed E-state index contributed by atoms with van der Waals surface area (Å²) in [6.45, 7) is 11.0. The first-order valence-corrected chi connectivity index (χ1v) is 12.2. The van der Waals surface area contributed by atoms with Crippen molar-refractivity contribution in [2.45, 2.75) is 73.1 Å². The highest BCUT2D eigenvalue weighted by Gasteiger charge is 2.17. The second-order valence-corrected chi connectivity index (χ2v) is 8.13. The van der Waals surface area contributed by atoms with Crippen LogP contribution < -0.4 is 0 Å². The van der Waals surface area contributed by atoms with E-state index in [4.69, 9.17) is 0 Å². The van der Waals surface area contributed by atoms with Crippen molar-refractivity contribution < 1.29 is 0 Å². The van der Waals surface area contributed by atoms with Crippen LogP contribution in [0.3, 0.4) is 0 Å². The van der Waals surface area contributed by atoms with Gasteiger partial charge < -0.3 is 0 Å². The van der Waals surface area contributed by atoms with Gasteiger partial charge in [0, 0.05) is 0 Å². The molecule has 0 spiro atoms. The smallest absolute Gasteiger partial charge is 0.0108 e. The van der Waals surface area contributed by atoms with Crippen LogP contribution in [0.4, 0.5) is 0 Å². The molecule has 0 atom stereocenters. The fourth-order valence-electron chi connectivity index (χ4n) is 3.50. The van der Waals surface area contributed by atoms with Crippen LogP contribution >= 0.6 is 0 Å². The minimum atomic E-state index is 1.14. The zero-order chi connectivity index (χ0) is 22.5. The molecular weight excluding hydrogens is 372 g/mol. The lowest BCUT2D eigenvalue weighted by Crippen LogP contribution is -1.84. The second-order valence-electron chi connectivity index (χ2n) is 8.13. The molecule has 3 aromatic carbocycles. The molecule has 0 fully saturated rings. The Labute approximate surface area is 190 Å². The van der Waals surface area contributed by atoms with Crippen LogP contribution in [0.15, 0.2) is 72.8 Å². The molecule has 0 aromatic heterocycles. The van der Waals surface area contributed by atoms with E-state index >= 15 is 0 Å². The molecular formula is C31H40. The maximum atomic E-state index is 2.37. The Morgan fingerprint density at radius 1 is 0.581 bits per heavy atom. The van der Waals surface area contributed by atoms with E-state index < -0.39 is 0 Å². The van der Waals surface area contributed by atoms with E-state index in [2.05, 4.69) is 114 Å².